The maximum absolute atomic E-state index is 13.3. The predicted octanol–water partition coefficient (Wildman–Crippen LogP) is 3.60. The number of halogens is 2. The number of amides is 1. The van der Waals surface area contributed by atoms with E-state index in [4.69, 9.17) is 0 Å². The van der Waals surface area contributed by atoms with Crippen molar-refractivity contribution in [1.82, 2.24) is 4.31 Å². The summed E-state index contributed by atoms with van der Waals surface area (Å²) in [6, 6.07) is 5.85. The fourth-order valence-electron chi connectivity index (χ4n) is 3.02. The van der Waals surface area contributed by atoms with E-state index in [1.807, 2.05) is 0 Å². The molecule has 1 fully saturated rings. The van der Waals surface area contributed by atoms with E-state index in [9.17, 15) is 22.0 Å². The van der Waals surface area contributed by atoms with Crippen LogP contribution < -0.4 is 5.32 Å². The Kier molecular flexibility index (Phi) is 5.69. The van der Waals surface area contributed by atoms with E-state index in [1.165, 1.54) is 10.4 Å². The van der Waals surface area contributed by atoms with Gasteiger partial charge >= 0.3 is 0 Å². The van der Waals surface area contributed by atoms with Gasteiger partial charge in [0.05, 0.1) is 0 Å². The molecule has 26 heavy (non-hydrogen) atoms. The van der Waals surface area contributed by atoms with Crippen LogP contribution in [0.3, 0.4) is 0 Å². The SMILES string of the molecule is O=C(C[C@H]1CCCCN1S(=O)(=O)c1cccs1)Nc1ccc(F)c(F)c1. The number of nitrogens with zero attached hydrogens (tertiary/aromatic N) is 1. The molecule has 0 spiro atoms. The Hall–Kier alpha value is -1.84. The number of hydrogen-bond acceptors (Lipinski definition) is 4. The van der Waals surface area contributed by atoms with E-state index in [0.29, 0.717) is 13.0 Å². The zero-order valence-corrected chi connectivity index (χ0v) is 15.5. The molecule has 0 bridgehead atoms. The van der Waals surface area contributed by atoms with Gasteiger partial charge in [-0.1, -0.05) is 12.5 Å². The van der Waals surface area contributed by atoms with E-state index in [-0.39, 0.29) is 16.3 Å². The maximum atomic E-state index is 13.3. The lowest BCUT2D eigenvalue weighted by Crippen LogP contribution is -2.45. The number of anilines is 1. The summed E-state index contributed by atoms with van der Waals surface area (Å²) in [5.41, 5.74) is 0.136. The first-order valence-corrected chi connectivity index (χ1v) is 10.5. The van der Waals surface area contributed by atoms with E-state index in [2.05, 4.69) is 5.32 Å². The molecule has 0 saturated carbocycles. The molecule has 2 heterocycles. The molecule has 1 saturated heterocycles. The van der Waals surface area contributed by atoms with Crippen molar-refractivity contribution in [1.29, 1.82) is 0 Å². The van der Waals surface area contributed by atoms with Gasteiger partial charge in [0.15, 0.2) is 11.6 Å². The lowest BCUT2D eigenvalue weighted by Gasteiger charge is -2.34. The van der Waals surface area contributed by atoms with Gasteiger partial charge < -0.3 is 5.32 Å². The van der Waals surface area contributed by atoms with Crippen molar-refractivity contribution < 1.29 is 22.0 Å². The third kappa shape index (κ3) is 4.11. The molecule has 1 aliphatic heterocycles. The van der Waals surface area contributed by atoms with Gasteiger partial charge in [0.2, 0.25) is 5.91 Å². The minimum absolute atomic E-state index is 0.0381. The van der Waals surface area contributed by atoms with Crippen molar-refractivity contribution in [3.8, 4) is 0 Å². The fourth-order valence-corrected chi connectivity index (χ4v) is 5.83. The molecule has 1 atom stereocenters. The topological polar surface area (TPSA) is 66.5 Å². The Morgan fingerprint density at radius 2 is 2.04 bits per heavy atom. The highest BCUT2D eigenvalue weighted by atomic mass is 32.2. The zero-order valence-electron chi connectivity index (χ0n) is 13.8. The lowest BCUT2D eigenvalue weighted by atomic mass is 10.0. The summed E-state index contributed by atoms with van der Waals surface area (Å²) in [5.74, 6) is -2.49. The molecule has 0 unspecified atom stereocenters. The highest BCUT2D eigenvalue weighted by Gasteiger charge is 2.35. The van der Waals surface area contributed by atoms with Gasteiger partial charge in [0, 0.05) is 30.8 Å². The van der Waals surface area contributed by atoms with E-state index >= 15 is 0 Å². The lowest BCUT2D eigenvalue weighted by molar-refractivity contribution is -0.117. The van der Waals surface area contributed by atoms with Gasteiger partial charge in [-0.2, -0.15) is 4.31 Å². The zero-order chi connectivity index (χ0) is 18.7. The van der Waals surface area contributed by atoms with Gasteiger partial charge in [0.25, 0.3) is 10.0 Å². The molecule has 0 aliphatic carbocycles. The van der Waals surface area contributed by atoms with Crippen LogP contribution in [-0.2, 0) is 14.8 Å². The molecule has 3 rings (SSSR count). The van der Waals surface area contributed by atoms with E-state index < -0.39 is 33.6 Å². The third-order valence-corrected chi connectivity index (χ3v) is 7.58. The molecule has 1 N–H and O–H groups in total. The van der Waals surface area contributed by atoms with Gasteiger partial charge in [-0.25, -0.2) is 17.2 Å². The van der Waals surface area contributed by atoms with Crippen LogP contribution in [0.25, 0.3) is 0 Å². The van der Waals surface area contributed by atoms with Crippen molar-refractivity contribution in [2.24, 2.45) is 0 Å². The first-order valence-electron chi connectivity index (χ1n) is 8.18. The Morgan fingerprint density at radius 1 is 1.23 bits per heavy atom. The largest absolute Gasteiger partial charge is 0.326 e. The summed E-state index contributed by atoms with van der Waals surface area (Å²) in [4.78, 5) is 12.3. The average molecular weight is 400 g/mol. The Labute approximate surface area is 154 Å². The van der Waals surface area contributed by atoms with Crippen LogP contribution >= 0.6 is 11.3 Å². The normalized spacial score (nSPS) is 18.6. The first kappa shape index (κ1) is 18.9. The van der Waals surface area contributed by atoms with Crippen LogP contribution in [0.4, 0.5) is 14.5 Å². The molecule has 1 aromatic carbocycles. The van der Waals surface area contributed by atoms with Crippen LogP contribution in [0.2, 0.25) is 0 Å². The van der Waals surface area contributed by atoms with E-state index in [1.54, 1.807) is 17.5 Å². The number of rotatable bonds is 5. The quantitative estimate of drug-likeness (QED) is 0.834. The standard InChI is InChI=1S/C17H18F2N2O3S2/c18-14-7-6-12(10-15(14)19)20-16(22)11-13-4-1-2-8-21(13)26(23,24)17-5-3-9-25-17/h3,5-7,9-10,13H,1-2,4,8,11H2,(H,20,22)/t13-/m1/s1. The monoisotopic (exact) mass is 400 g/mol. The number of hydrogen-bond donors (Lipinski definition) is 1. The van der Waals surface area contributed by atoms with Gasteiger partial charge in [-0.15, -0.1) is 11.3 Å². The smallest absolute Gasteiger partial charge is 0.252 e. The molecule has 1 aromatic heterocycles. The van der Waals surface area contributed by atoms with Gasteiger partial charge in [0.1, 0.15) is 4.21 Å². The molecule has 0 radical (unpaired) electrons. The second kappa shape index (κ2) is 7.81. The highest BCUT2D eigenvalue weighted by Crippen LogP contribution is 2.29. The molecule has 5 nitrogen and oxygen atoms in total. The van der Waals surface area contributed by atoms with Crippen LogP contribution in [0, 0.1) is 11.6 Å². The summed E-state index contributed by atoms with van der Waals surface area (Å²) in [6.07, 6.45) is 2.12. The molecular weight excluding hydrogens is 382 g/mol. The fraction of sp³-hybridized carbons (Fsp3) is 0.353. The number of nitrogens with one attached hydrogen (secondary N) is 1. The van der Waals surface area contributed by atoms with Crippen molar-refractivity contribution in [2.75, 3.05) is 11.9 Å². The van der Waals surface area contributed by atoms with Crippen molar-refractivity contribution in [2.45, 2.75) is 35.9 Å². The highest BCUT2D eigenvalue weighted by molar-refractivity contribution is 7.91. The number of benzene rings is 1. The minimum Gasteiger partial charge on any atom is -0.326 e. The number of sulfonamides is 1. The number of piperidine rings is 1. The Balaban J connectivity index is 1.72. The van der Waals surface area contributed by atoms with Crippen LogP contribution in [0.5, 0.6) is 0 Å². The Bertz CT molecular complexity index is 885. The molecule has 9 heteroatoms. The summed E-state index contributed by atoms with van der Waals surface area (Å²) in [5, 5.41) is 4.20. The van der Waals surface area contributed by atoms with Gasteiger partial charge in [-0.3, -0.25) is 4.79 Å². The number of carbonyl (C=O) groups excluding carboxylic acids is 1. The minimum atomic E-state index is -3.64. The summed E-state index contributed by atoms with van der Waals surface area (Å²) < 4.78 is 53.4. The third-order valence-electron chi connectivity index (χ3n) is 4.26. The maximum Gasteiger partial charge on any atom is 0.252 e. The van der Waals surface area contributed by atoms with Crippen LogP contribution in [0.1, 0.15) is 25.7 Å². The second-order valence-electron chi connectivity index (χ2n) is 6.08. The second-order valence-corrected chi connectivity index (χ2v) is 9.14. The number of carbonyl (C=O) groups is 1. The predicted molar refractivity (Wildman–Crippen MR) is 95.5 cm³/mol. The summed E-state index contributed by atoms with van der Waals surface area (Å²) >= 11 is 1.14. The average Bonchev–Trinajstić information content (AvgIpc) is 3.14. The van der Waals surface area contributed by atoms with Crippen molar-refractivity contribution in [3.05, 3.63) is 47.3 Å². The molecule has 2 aromatic rings. The van der Waals surface area contributed by atoms with E-state index in [0.717, 1.165) is 36.3 Å². The number of thiophene rings is 1. The molecule has 140 valence electrons. The van der Waals surface area contributed by atoms with Crippen molar-refractivity contribution >= 4 is 33.0 Å². The molecule has 1 aliphatic rings. The first-order chi connectivity index (χ1) is 12.4. The molecular formula is C17H18F2N2O3S2. The van der Waals surface area contributed by atoms with Gasteiger partial charge in [-0.05, 0) is 36.4 Å². The van der Waals surface area contributed by atoms with Crippen LogP contribution in [-0.4, -0.2) is 31.2 Å². The van der Waals surface area contributed by atoms with Crippen LogP contribution in [0.15, 0.2) is 39.9 Å². The van der Waals surface area contributed by atoms with Crippen molar-refractivity contribution in [3.63, 3.8) is 0 Å². The summed E-state index contributed by atoms with van der Waals surface area (Å²) in [6.45, 7) is 0.364. The Morgan fingerprint density at radius 3 is 2.73 bits per heavy atom. The summed E-state index contributed by atoms with van der Waals surface area (Å²) in [7, 11) is -3.64. The molecule has 1 amide bonds.